The summed E-state index contributed by atoms with van der Waals surface area (Å²) in [5.74, 6) is 0.791. The third-order valence-electron chi connectivity index (χ3n) is 2.98. The van der Waals surface area contributed by atoms with E-state index in [2.05, 4.69) is 17.1 Å². The monoisotopic (exact) mass is 188 g/mol. The molecular weight excluding hydrogens is 167 g/mol. The molecule has 13 heavy (non-hydrogen) atoms. The molecule has 0 radical (unpaired) electrons. The molecule has 0 aromatic rings. The average Bonchev–Trinajstić information content (AvgIpc) is 2.48. The number of hydrogen-bond acceptors (Lipinski definition) is 2. The van der Waals surface area contributed by atoms with Crippen LogP contribution in [0.4, 0.5) is 4.39 Å². The molecule has 0 aromatic carbocycles. The van der Waals surface area contributed by atoms with Gasteiger partial charge in [-0.3, -0.25) is 0 Å². The predicted molar refractivity (Wildman–Crippen MR) is 53.7 cm³/mol. The lowest BCUT2D eigenvalue weighted by Gasteiger charge is -2.20. The zero-order valence-corrected chi connectivity index (χ0v) is 8.72. The number of alkyl halides is 1. The second kappa shape index (κ2) is 5.55. The third kappa shape index (κ3) is 3.61. The molecule has 1 fully saturated rings. The Labute approximate surface area is 80.5 Å². The van der Waals surface area contributed by atoms with Gasteiger partial charge in [-0.05, 0) is 38.9 Å². The zero-order chi connectivity index (χ0) is 9.68. The largest absolute Gasteiger partial charge is 0.314 e. The molecule has 1 aliphatic heterocycles. The fourth-order valence-corrected chi connectivity index (χ4v) is 1.90. The van der Waals surface area contributed by atoms with Gasteiger partial charge in [0.15, 0.2) is 0 Å². The van der Waals surface area contributed by atoms with Gasteiger partial charge in [0.2, 0.25) is 0 Å². The van der Waals surface area contributed by atoms with Crippen LogP contribution >= 0.6 is 0 Å². The molecule has 2 atom stereocenters. The standard InChI is InChI=1S/C10H21FN2/c1-9-3-6-12-10(9)4-7-13(2)8-5-11/h9-10,12H,3-8H2,1-2H3. The summed E-state index contributed by atoms with van der Waals surface area (Å²) in [6.07, 6.45) is 2.44. The van der Waals surface area contributed by atoms with Crippen molar-refractivity contribution in [1.82, 2.24) is 10.2 Å². The molecule has 1 heterocycles. The van der Waals surface area contributed by atoms with Crippen molar-refractivity contribution in [2.24, 2.45) is 5.92 Å². The molecule has 1 N–H and O–H groups in total. The van der Waals surface area contributed by atoms with Crippen LogP contribution in [0.2, 0.25) is 0 Å². The third-order valence-corrected chi connectivity index (χ3v) is 2.98. The van der Waals surface area contributed by atoms with Crippen molar-refractivity contribution in [3.63, 3.8) is 0 Å². The highest BCUT2D eigenvalue weighted by molar-refractivity contribution is 4.81. The molecule has 0 aromatic heterocycles. The maximum atomic E-state index is 12.0. The van der Waals surface area contributed by atoms with Crippen LogP contribution in [0.25, 0.3) is 0 Å². The highest BCUT2D eigenvalue weighted by atomic mass is 19.1. The van der Waals surface area contributed by atoms with Crippen LogP contribution in [0.5, 0.6) is 0 Å². The van der Waals surface area contributed by atoms with Crippen molar-refractivity contribution in [1.29, 1.82) is 0 Å². The quantitative estimate of drug-likeness (QED) is 0.699. The minimum absolute atomic E-state index is 0.232. The number of hydrogen-bond donors (Lipinski definition) is 1. The van der Waals surface area contributed by atoms with E-state index in [0.29, 0.717) is 12.6 Å². The van der Waals surface area contributed by atoms with Gasteiger partial charge in [0, 0.05) is 12.6 Å². The van der Waals surface area contributed by atoms with Gasteiger partial charge in [0.05, 0.1) is 0 Å². The van der Waals surface area contributed by atoms with E-state index in [0.717, 1.165) is 25.4 Å². The first-order valence-electron chi connectivity index (χ1n) is 5.22. The molecule has 1 aliphatic rings. The van der Waals surface area contributed by atoms with Gasteiger partial charge in [0.1, 0.15) is 6.67 Å². The number of halogens is 1. The van der Waals surface area contributed by atoms with E-state index in [-0.39, 0.29) is 6.67 Å². The van der Waals surface area contributed by atoms with Crippen LogP contribution in [-0.2, 0) is 0 Å². The summed E-state index contributed by atoms with van der Waals surface area (Å²) < 4.78 is 12.0. The maximum absolute atomic E-state index is 12.0. The van der Waals surface area contributed by atoms with E-state index in [1.165, 1.54) is 6.42 Å². The summed E-state index contributed by atoms with van der Waals surface area (Å²) in [7, 11) is 1.99. The van der Waals surface area contributed by atoms with Crippen LogP contribution in [0, 0.1) is 5.92 Å². The van der Waals surface area contributed by atoms with E-state index < -0.39 is 0 Å². The second-order valence-electron chi connectivity index (χ2n) is 4.11. The Balaban J connectivity index is 2.10. The lowest BCUT2D eigenvalue weighted by Crippen LogP contribution is -2.32. The fraction of sp³-hybridized carbons (Fsp3) is 1.00. The van der Waals surface area contributed by atoms with E-state index >= 15 is 0 Å². The van der Waals surface area contributed by atoms with Crippen molar-refractivity contribution in [2.45, 2.75) is 25.8 Å². The Kier molecular flexibility index (Phi) is 4.67. The summed E-state index contributed by atoms with van der Waals surface area (Å²) >= 11 is 0. The van der Waals surface area contributed by atoms with Crippen molar-refractivity contribution in [3.05, 3.63) is 0 Å². The number of nitrogens with one attached hydrogen (secondary N) is 1. The highest BCUT2D eigenvalue weighted by Crippen LogP contribution is 2.17. The van der Waals surface area contributed by atoms with Gasteiger partial charge in [-0.2, -0.15) is 0 Å². The molecule has 0 bridgehead atoms. The van der Waals surface area contributed by atoms with E-state index in [9.17, 15) is 4.39 Å². The molecule has 0 saturated carbocycles. The Bertz CT molecular complexity index is 141. The Morgan fingerprint density at radius 1 is 1.46 bits per heavy atom. The summed E-state index contributed by atoms with van der Waals surface area (Å²) in [6.45, 7) is 4.79. The SMILES string of the molecule is CC1CCNC1CCN(C)CCF. The first kappa shape index (κ1) is 10.9. The van der Waals surface area contributed by atoms with Gasteiger partial charge in [0.25, 0.3) is 0 Å². The lowest BCUT2D eigenvalue weighted by atomic mass is 10.0. The Hall–Kier alpha value is -0.150. The Morgan fingerprint density at radius 2 is 2.23 bits per heavy atom. The molecule has 2 nitrogen and oxygen atoms in total. The average molecular weight is 188 g/mol. The molecule has 78 valence electrons. The van der Waals surface area contributed by atoms with E-state index in [4.69, 9.17) is 0 Å². The normalized spacial score (nSPS) is 28.6. The fourth-order valence-electron chi connectivity index (χ4n) is 1.90. The van der Waals surface area contributed by atoms with E-state index in [1.54, 1.807) is 0 Å². The summed E-state index contributed by atoms with van der Waals surface area (Å²) in [4.78, 5) is 2.06. The smallest absolute Gasteiger partial charge is 0.102 e. The molecular formula is C10H21FN2. The maximum Gasteiger partial charge on any atom is 0.102 e. The highest BCUT2D eigenvalue weighted by Gasteiger charge is 2.22. The molecule has 0 spiro atoms. The van der Waals surface area contributed by atoms with Crippen LogP contribution in [0.3, 0.4) is 0 Å². The van der Waals surface area contributed by atoms with Crippen molar-refractivity contribution >= 4 is 0 Å². The van der Waals surface area contributed by atoms with Crippen molar-refractivity contribution < 1.29 is 4.39 Å². The zero-order valence-electron chi connectivity index (χ0n) is 8.72. The molecule has 1 rings (SSSR count). The summed E-state index contributed by atoms with van der Waals surface area (Å²) in [6, 6.07) is 0.655. The van der Waals surface area contributed by atoms with Gasteiger partial charge in [-0.1, -0.05) is 6.92 Å². The Morgan fingerprint density at radius 3 is 2.77 bits per heavy atom. The first-order valence-corrected chi connectivity index (χ1v) is 5.22. The van der Waals surface area contributed by atoms with E-state index in [1.807, 2.05) is 7.05 Å². The van der Waals surface area contributed by atoms with Gasteiger partial charge >= 0.3 is 0 Å². The number of rotatable bonds is 5. The topological polar surface area (TPSA) is 15.3 Å². The lowest BCUT2D eigenvalue weighted by molar-refractivity contribution is 0.273. The molecule has 2 unspecified atom stereocenters. The molecule has 0 amide bonds. The van der Waals surface area contributed by atoms with Crippen LogP contribution in [0.15, 0.2) is 0 Å². The van der Waals surface area contributed by atoms with Crippen molar-refractivity contribution in [3.8, 4) is 0 Å². The van der Waals surface area contributed by atoms with Gasteiger partial charge in [-0.15, -0.1) is 0 Å². The second-order valence-corrected chi connectivity index (χ2v) is 4.11. The van der Waals surface area contributed by atoms with Crippen LogP contribution < -0.4 is 5.32 Å². The summed E-state index contributed by atoms with van der Waals surface area (Å²) in [5.41, 5.74) is 0. The van der Waals surface area contributed by atoms with Gasteiger partial charge in [-0.25, -0.2) is 4.39 Å². The van der Waals surface area contributed by atoms with Crippen LogP contribution in [-0.4, -0.2) is 44.3 Å². The minimum Gasteiger partial charge on any atom is -0.314 e. The van der Waals surface area contributed by atoms with Crippen LogP contribution in [0.1, 0.15) is 19.8 Å². The first-order chi connectivity index (χ1) is 6.24. The molecule has 1 saturated heterocycles. The predicted octanol–water partition coefficient (Wildman–Crippen LogP) is 1.28. The summed E-state index contributed by atoms with van der Waals surface area (Å²) in [5, 5.41) is 3.48. The minimum atomic E-state index is -0.232. The molecule has 3 heteroatoms. The molecule has 0 aliphatic carbocycles. The van der Waals surface area contributed by atoms with Gasteiger partial charge < -0.3 is 10.2 Å². The van der Waals surface area contributed by atoms with Crippen molar-refractivity contribution in [2.75, 3.05) is 33.4 Å². The number of nitrogens with zero attached hydrogens (tertiary/aromatic N) is 1.